The molecule has 0 saturated carbocycles. The first-order valence-electron chi connectivity index (χ1n) is 10.8. The van der Waals surface area contributed by atoms with Crippen molar-refractivity contribution in [1.82, 2.24) is 14.7 Å². The number of methoxy groups -OCH3 is 2. The average molecular weight is 561 g/mol. The molecule has 2 aliphatic heterocycles. The van der Waals surface area contributed by atoms with E-state index in [4.69, 9.17) is 9.47 Å². The highest BCUT2D eigenvalue weighted by Crippen LogP contribution is 2.33. The van der Waals surface area contributed by atoms with E-state index in [0.717, 1.165) is 67.2 Å². The average Bonchev–Trinajstić information content (AvgIpc) is 2.80. The molecule has 0 spiro atoms. The van der Waals surface area contributed by atoms with E-state index in [0.29, 0.717) is 13.1 Å². The van der Waals surface area contributed by atoms with Crippen LogP contribution in [-0.4, -0.2) is 74.1 Å². The van der Waals surface area contributed by atoms with Crippen molar-refractivity contribution in [3.05, 3.63) is 57.6 Å². The van der Waals surface area contributed by atoms with Gasteiger partial charge in [0.1, 0.15) is 0 Å². The van der Waals surface area contributed by atoms with Gasteiger partial charge in [0.05, 0.1) is 20.8 Å². The van der Waals surface area contributed by atoms with Gasteiger partial charge in [-0.3, -0.25) is 14.6 Å². The topological polar surface area (TPSA) is 45.3 Å². The lowest BCUT2D eigenvalue weighted by Crippen LogP contribution is -2.50. The van der Waals surface area contributed by atoms with Gasteiger partial charge in [0.2, 0.25) is 5.91 Å². The number of hydrogen-bond acceptors (Lipinski definition) is 5. The number of piperazine rings is 1. The molecular weight excluding hydrogens is 529 g/mol. The van der Waals surface area contributed by atoms with Crippen LogP contribution in [0.2, 0.25) is 0 Å². The zero-order valence-electron chi connectivity index (χ0n) is 19.1. The Kier molecular flexibility index (Phi) is 10.8. The van der Waals surface area contributed by atoms with Gasteiger partial charge in [-0.1, -0.05) is 28.1 Å². The van der Waals surface area contributed by atoms with Crippen LogP contribution >= 0.6 is 40.7 Å². The first kappa shape index (κ1) is 27.7. The summed E-state index contributed by atoms with van der Waals surface area (Å²) in [4.78, 5) is 19.7. The summed E-state index contributed by atoms with van der Waals surface area (Å²) >= 11 is 3.49. The van der Waals surface area contributed by atoms with Crippen LogP contribution in [0.1, 0.15) is 16.7 Å². The van der Waals surface area contributed by atoms with Gasteiger partial charge in [0.25, 0.3) is 0 Å². The Morgan fingerprint density at radius 1 is 0.879 bits per heavy atom. The number of carbonyl (C=O) groups excluding carboxylic acids is 1. The first-order chi connectivity index (χ1) is 15.1. The summed E-state index contributed by atoms with van der Waals surface area (Å²) in [6, 6.07) is 12.6. The third-order valence-electron chi connectivity index (χ3n) is 6.21. The van der Waals surface area contributed by atoms with E-state index in [-0.39, 0.29) is 30.7 Å². The fourth-order valence-electron chi connectivity index (χ4n) is 4.34. The van der Waals surface area contributed by atoms with Crippen molar-refractivity contribution in [2.75, 3.05) is 53.5 Å². The molecule has 2 aromatic rings. The Bertz CT molecular complexity index is 922. The second-order valence-electron chi connectivity index (χ2n) is 8.22. The van der Waals surface area contributed by atoms with Crippen molar-refractivity contribution >= 4 is 46.7 Å². The number of hydrogen-bond donors (Lipinski definition) is 0. The lowest BCUT2D eigenvalue weighted by Gasteiger charge is -2.36. The fraction of sp³-hybridized carbons (Fsp3) is 0.458. The summed E-state index contributed by atoms with van der Waals surface area (Å²) in [5.41, 5.74) is 3.71. The number of ether oxygens (including phenoxy) is 2. The molecule has 9 heteroatoms. The minimum atomic E-state index is 0. The Labute approximate surface area is 217 Å². The highest BCUT2D eigenvalue weighted by Gasteiger charge is 2.25. The normalized spacial score (nSPS) is 16.3. The van der Waals surface area contributed by atoms with Gasteiger partial charge in [0.15, 0.2) is 11.5 Å². The summed E-state index contributed by atoms with van der Waals surface area (Å²) in [5, 5.41) is 0. The van der Waals surface area contributed by atoms with Crippen molar-refractivity contribution in [2.45, 2.75) is 19.5 Å². The molecule has 1 saturated heterocycles. The largest absolute Gasteiger partial charge is 0.493 e. The van der Waals surface area contributed by atoms with Gasteiger partial charge < -0.3 is 14.4 Å². The molecule has 1 fully saturated rings. The third-order valence-corrected chi connectivity index (χ3v) is 6.74. The molecule has 0 N–H and O–H groups in total. The van der Waals surface area contributed by atoms with Crippen molar-refractivity contribution in [1.29, 1.82) is 0 Å². The van der Waals surface area contributed by atoms with E-state index in [1.807, 2.05) is 17.0 Å². The summed E-state index contributed by atoms with van der Waals surface area (Å²) < 4.78 is 12.0. The fourth-order valence-corrected chi connectivity index (χ4v) is 4.61. The molecule has 6 nitrogen and oxygen atoms in total. The molecule has 2 aliphatic rings. The van der Waals surface area contributed by atoms with Crippen LogP contribution in [0.15, 0.2) is 40.9 Å². The minimum absolute atomic E-state index is 0. The maximum atomic E-state index is 13.0. The number of amides is 1. The molecule has 0 atom stereocenters. The van der Waals surface area contributed by atoms with Gasteiger partial charge in [-0.25, -0.2) is 0 Å². The van der Waals surface area contributed by atoms with Crippen LogP contribution in [0.25, 0.3) is 0 Å². The number of fused-ring (bicyclic) bond motifs is 1. The molecule has 0 aliphatic carbocycles. The van der Waals surface area contributed by atoms with Gasteiger partial charge >= 0.3 is 0 Å². The molecular formula is C24H32BrCl2N3O3. The quantitative estimate of drug-likeness (QED) is 0.534. The van der Waals surface area contributed by atoms with Crippen LogP contribution in [0.3, 0.4) is 0 Å². The number of benzene rings is 2. The second kappa shape index (κ2) is 12.8. The Balaban J connectivity index is 0.00000193. The van der Waals surface area contributed by atoms with E-state index >= 15 is 0 Å². The molecule has 0 bridgehead atoms. The molecule has 1 amide bonds. The smallest absolute Gasteiger partial charge is 0.237 e. The number of halogens is 3. The number of rotatable bonds is 6. The van der Waals surface area contributed by atoms with E-state index < -0.39 is 0 Å². The zero-order chi connectivity index (χ0) is 21.8. The Hall–Kier alpha value is -1.51. The summed E-state index contributed by atoms with van der Waals surface area (Å²) in [6.45, 7) is 6.68. The molecule has 33 heavy (non-hydrogen) atoms. The zero-order valence-corrected chi connectivity index (χ0v) is 22.3. The summed E-state index contributed by atoms with van der Waals surface area (Å²) in [7, 11) is 3.30. The van der Waals surface area contributed by atoms with Crippen molar-refractivity contribution in [2.24, 2.45) is 0 Å². The Morgan fingerprint density at radius 2 is 1.45 bits per heavy atom. The van der Waals surface area contributed by atoms with Gasteiger partial charge in [-0.2, -0.15) is 0 Å². The molecule has 0 unspecified atom stereocenters. The second-order valence-corrected chi connectivity index (χ2v) is 9.14. The molecule has 4 rings (SSSR count). The van der Waals surface area contributed by atoms with E-state index in [2.05, 4.69) is 50.0 Å². The number of carbonyl (C=O) groups is 1. The van der Waals surface area contributed by atoms with E-state index in [1.54, 1.807) is 14.2 Å². The van der Waals surface area contributed by atoms with Crippen molar-refractivity contribution in [3.63, 3.8) is 0 Å². The molecule has 0 radical (unpaired) electrons. The summed E-state index contributed by atoms with van der Waals surface area (Å²) in [5.74, 6) is 1.68. The van der Waals surface area contributed by atoms with Crippen LogP contribution in [-0.2, 0) is 24.3 Å². The van der Waals surface area contributed by atoms with E-state index in [9.17, 15) is 4.79 Å². The maximum Gasteiger partial charge on any atom is 0.237 e. The van der Waals surface area contributed by atoms with Crippen LogP contribution in [0.4, 0.5) is 0 Å². The van der Waals surface area contributed by atoms with Crippen molar-refractivity contribution in [3.8, 4) is 11.5 Å². The molecule has 2 heterocycles. The minimum Gasteiger partial charge on any atom is -0.493 e. The highest BCUT2D eigenvalue weighted by molar-refractivity contribution is 9.10. The standard InChI is InChI=1S/C24H30BrN3O3.2ClH/c1-30-22-13-19-7-8-28(16-20(19)14-23(22)31-2)24(29)17-27-11-9-26(10-12-27)15-18-3-5-21(25)6-4-18;;/h3-6,13-14H,7-12,15-17H2,1-2H3;2*1H. The Morgan fingerprint density at radius 3 is 2.06 bits per heavy atom. The van der Waals surface area contributed by atoms with Crippen LogP contribution < -0.4 is 9.47 Å². The van der Waals surface area contributed by atoms with Crippen molar-refractivity contribution < 1.29 is 14.3 Å². The molecule has 0 aromatic heterocycles. The lowest BCUT2D eigenvalue weighted by atomic mass is 9.98. The predicted octanol–water partition coefficient (Wildman–Crippen LogP) is 4.01. The number of nitrogens with zero attached hydrogens (tertiary/aromatic N) is 3. The monoisotopic (exact) mass is 559 g/mol. The lowest BCUT2D eigenvalue weighted by molar-refractivity contribution is -0.133. The van der Waals surface area contributed by atoms with Crippen LogP contribution in [0, 0.1) is 0 Å². The SMILES string of the molecule is COc1cc2c(cc1OC)CN(C(=O)CN1CCN(Cc3ccc(Br)cc3)CC1)CC2.Cl.Cl. The predicted molar refractivity (Wildman–Crippen MR) is 139 cm³/mol. The van der Waals surface area contributed by atoms with E-state index in [1.165, 1.54) is 11.1 Å². The first-order valence-corrected chi connectivity index (χ1v) is 11.6. The molecule has 2 aromatic carbocycles. The van der Waals surface area contributed by atoms with Gasteiger partial charge in [0, 0.05) is 50.3 Å². The molecule has 182 valence electrons. The van der Waals surface area contributed by atoms with Gasteiger partial charge in [-0.05, 0) is 47.4 Å². The maximum absolute atomic E-state index is 13.0. The summed E-state index contributed by atoms with van der Waals surface area (Å²) in [6.07, 6.45) is 0.850. The highest BCUT2D eigenvalue weighted by atomic mass is 79.9. The van der Waals surface area contributed by atoms with Crippen LogP contribution in [0.5, 0.6) is 11.5 Å². The van der Waals surface area contributed by atoms with Gasteiger partial charge in [-0.15, -0.1) is 24.8 Å². The third kappa shape index (κ3) is 6.99.